The van der Waals surface area contributed by atoms with Crippen LogP contribution in [0.5, 0.6) is 0 Å². The molecule has 0 bridgehead atoms. The van der Waals surface area contributed by atoms with E-state index in [0.29, 0.717) is 32.6 Å². The summed E-state index contributed by atoms with van der Waals surface area (Å²) in [4.78, 5) is 27.4. The first-order chi connectivity index (χ1) is 13.0. The minimum absolute atomic E-state index is 0.162. The molecule has 140 valence electrons. The molecule has 0 atom stereocenters. The van der Waals surface area contributed by atoms with Crippen molar-refractivity contribution in [1.29, 1.82) is 0 Å². The van der Waals surface area contributed by atoms with Crippen LogP contribution in [0.4, 0.5) is 4.79 Å². The van der Waals surface area contributed by atoms with E-state index < -0.39 is 18.9 Å². The molecule has 1 aromatic heterocycles. The molecule has 0 aliphatic rings. The fraction of sp³-hybridized carbons (Fsp3) is 0.167. The van der Waals surface area contributed by atoms with Gasteiger partial charge in [0, 0.05) is 15.6 Å². The van der Waals surface area contributed by atoms with E-state index in [4.69, 9.17) is 32.4 Å². The average Bonchev–Trinajstić information content (AvgIpc) is 3.04. The first-order valence-corrected chi connectivity index (χ1v) is 8.55. The molecule has 3 rings (SSSR count). The quantitative estimate of drug-likeness (QED) is 0.428. The largest absolute Gasteiger partial charge is 0.511 e. The molecule has 27 heavy (non-hydrogen) atoms. The van der Waals surface area contributed by atoms with Gasteiger partial charge in [-0.15, -0.1) is 0 Å². The monoisotopic (exact) mass is 409 g/mol. The zero-order valence-electron chi connectivity index (χ0n) is 14.0. The van der Waals surface area contributed by atoms with Crippen LogP contribution in [-0.4, -0.2) is 30.5 Å². The van der Waals surface area contributed by atoms with Crippen molar-refractivity contribution in [1.82, 2.24) is 4.98 Å². The lowest BCUT2D eigenvalue weighted by molar-refractivity contribution is -0.0262. The van der Waals surface area contributed by atoms with Gasteiger partial charge in [-0.3, -0.25) is 0 Å². The Morgan fingerprint density at radius 2 is 1.78 bits per heavy atom. The van der Waals surface area contributed by atoms with E-state index in [1.54, 1.807) is 31.2 Å². The first-order valence-electron chi connectivity index (χ1n) is 7.80. The summed E-state index contributed by atoms with van der Waals surface area (Å²) < 4.78 is 19.7. The Morgan fingerprint density at radius 3 is 2.48 bits per heavy atom. The number of halogens is 2. The summed E-state index contributed by atoms with van der Waals surface area (Å²) in [6.07, 6.45) is -0.916. The molecule has 0 unspecified atom stereocenters. The third-order valence-corrected chi connectivity index (χ3v) is 3.80. The van der Waals surface area contributed by atoms with Crippen molar-refractivity contribution in [3.05, 3.63) is 52.0 Å². The van der Waals surface area contributed by atoms with Crippen LogP contribution in [0.3, 0.4) is 0 Å². The number of nitrogens with zero attached hydrogens (tertiary/aromatic N) is 1. The van der Waals surface area contributed by atoms with E-state index in [2.05, 4.69) is 14.5 Å². The van der Waals surface area contributed by atoms with Crippen LogP contribution in [0.1, 0.15) is 17.3 Å². The number of fused-ring (bicyclic) bond motifs is 1. The van der Waals surface area contributed by atoms with Crippen LogP contribution in [0.25, 0.3) is 22.6 Å². The number of rotatable bonds is 5. The minimum atomic E-state index is -0.916. The number of hydrogen-bond donors (Lipinski definition) is 0. The van der Waals surface area contributed by atoms with Crippen molar-refractivity contribution < 1.29 is 28.2 Å². The molecular formula is C18H13Cl2NO6. The summed E-state index contributed by atoms with van der Waals surface area (Å²) >= 11 is 12.0. The normalized spacial score (nSPS) is 10.6. The maximum atomic E-state index is 12.0. The summed E-state index contributed by atoms with van der Waals surface area (Å²) in [6.45, 7) is 1.24. The smallest absolute Gasteiger partial charge is 0.436 e. The van der Waals surface area contributed by atoms with Crippen LogP contribution >= 0.6 is 23.2 Å². The second-order valence-electron chi connectivity index (χ2n) is 5.24. The van der Waals surface area contributed by atoms with Crippen molar-refractivity contribution in [2.75, 3.05) is 13.4 Å². The van der Waals surface area contributed by atoms with Crippen molar-refractivity contribution in [3.63, 3.8) is 0 Å². The van der Waals surface area contributed by atoms with E-state index in [9.17, 15) is 9.59 Å². The molecule has 0 aliphatic heterocycles. The third kappa shape index (κ3) is 4.69. The zero-order chi connectivity index (χ0) is 19.4. The molecular weight excluding hydrogens is 397 g/mol. The van der Waals surface area contributed by atoms with Gasteiger partial charge in [-0.25, -0.2) is 14.6 Å². The van der Waals surface area contributed by atoms with Crippen LogP contribution < -0.4 is 0 Å². The second-order valence-corrected chi connectivity index (χ2v) is 6.11. The van der Waals surface area contributed by atoms with Gasteiger partial charge in [-0.05, 0) is 43.3 Å². The molecule has 3 aromatic rings. The summed E-state index contributed by atoms with van der Waals surface area (Å²) in [5.41, 5.74) is 1.74. The number of carbonyl (C=O) groups is 2. The molecule has 0 N–H and O–H groups in total. The second kappa shape index (κ2) is 8.28. The summed E-state index contributed by atoms with van der Waals surface area (Å²) in [5.74, 6) is -0.379. The Kier molecular flexibility index (Phi) is 5.83. The summed E-state index contributed by atoms with van der Waals surface area (Å²) in [5, 5.41) is 0.899. The highest BCUT2D eigenvalue weighted by atomic mass is 35.5. The Labute approximate surface area is 163 Å². The number of hydrogen-bond acceptors (Lipinski definition) is 7. The fourth-order valence-corrected chi connectivity index (χ4v) is 2.75. The van der Waals surface area contributed by atoms with Gasteiger partial charge in [0.15, 0.2) is 5.58 Å². The highest BCUT2D eigenvalue weighted by Crippen LogP contribution is 2.29. The van der Waals surface area contributed by atoms with Gasteiger partial charge in [0.1, 0.15) is 5.52 Å². The van der Waals surface area contributed by atoms with E-state index >= 15 is 0 Å². The number of carbonyl (C=O) groups excluding carboxylic acids is 2. The molecule has 0 saturated heterocycles. The van der Waals surface area contributed by atoms with Crippen LogP contribution in [0.15, 0.2) is 40.8 Å². The topological polar surface area (TPSA) is 87.9 Å². The van der Waals surface area contributed by atoms with Crippen LogP contribution in [0.2, 0.25) is 10.0 Å². The molecule has 0 amide bonds. The summed E-state index contributed by atoms with van der Waals surface area (Å²) in [6, 6.07) is 9.54. The molecule has 2 aromatic carbocycles. The van der Waals surface area contributed by atoms with Crippen LogP contribution in [0, 0.1) is 0 Å². The van der Waals surface area contributed by atoms with Crippen molar-refractivity contribution in [2.24, 2.45) is 0 Å². The molecule has 7 nitrogen and oxygen atoms in total. The van der Waals surface area contributed by atoms with Gasteiger partial charge in [-0.1, -0.05) is 23.2 Å². The van der Waals surface area contributed by atoms with E-state index in [-0.39, 0.29) is 12.2 Å². The SMILES string of the molecule is CCOC(=O)OCOC(=O)c1ccc2nc(-c3cc(Cl)cc(Cl)c3)oc2c1. The molecule has 0 fully saturated rings. The van der Waals surface area contributed by atoms with Crippen molar-refractivity contribution in [2.45, 2.75) is 6.92 Å². The Morgan fingerprint density at radius 1 is 1.04 bits per heavy atom. The lowest BCUT2D eigenvalue weighted by atomic mass is 10.2. The number of oxazole rings is 1. The lowest BCUT2D eigenvalue weighted by Crippen LogP contribution is -2.13. The predicted octanol–water partition coefficient (Wildman–Crippen LogP) is 5.09. The first kappa shape index (κ1) is 19.0. The molecule has 0 aliphatic carbocycles. The predicted molar refractivity (Wildman–Crippen MR) is 97.9 cm³/mol. The van der Waals surface area contributed by atoms with Gasteiger partial charge in [0.05, 0.1) is 12.2 Å². The Bertz CT molecular complexity index is 980. The lowest BCUT2D eigenvalue weighted by Gasteiger charge is -2.05. The molecule has 0 radical (unpaired) electrons. The van der Waals surface area contributed by atoms with Gasteiger partial charge < -0.3 is 18.6 Å². The number of benzene rings is 2. The standard InChI is InChI=1S/C18H13Cl2NO6/c1-2-24-18(23)26-9-25-17(22)10-3-4-14-15(7-10)27-16(21-14)11-5-12(19)8-13(20)6-11/h3-8H,2,9H2,1H3. The highest BCUT2D eigenvalue weighted by Gasteiger charge is 2.14. The van der Waals surface area contributed by atoms with Gasteiger partial charge in [-0.2, -0.15) is 0 Å². The van der Waals surface area contributed by atoms with Crippen molar-refractivity contribution in [3.8, 4) is 11.5 Å². The fourth-order valence-electron chi connectivity index (χ4n) is 2.23. The van der Waals surface area contributed by atoms with E-state index in [0.717, 1.165) is 0 Å². The Hall–Kier alpha value is -2.77. The highest BCUT2D eigenvalue weighted by molar-refractivity contribution is 6.35. The van der Waals surface area contributed by atoms with E-state index in [1.807, 2.05) is 0 Å². The average molecular weight is 410 g/mol. The number of esters is 1. The minimum Gasteiger partial charge on any atom is -0.436 e. The molecule has 1 heterocycles. The number of aromatic nitrogens is 1. The van der Waals surface area contributed by atoms with E-state index in [1.165, 1.54) is 12.1 Å². The third-order valence-electron chi connectivity index (χ3n) is 3.36. The maximum absolute atomic E-state index is 12.0. The van der Waals surface area contributed by atoms with Crippen molar-refractivity contribution >= 4 is 46.4 Å². The number of ether oxygens (including phenoxy) is 3. The van der Waals surface area contributed by atoms with Gasteiger partial charge in [0.2, 0.25) is 12.7 Å². The maximum Gasteiger partial charge on any atom is 0.511 e. The Balaban J connectivity index is 1.75. The molecule has 0 saturated carbocycles. The molecule has 9 heteroatoms. The molecule has 0 spiro atoms. The summed E-state index contributed by atoms with van der Waals surface area (Å²) in [7, 11) is 0. The zero-order valence-corrected chi connectivity index (χ0v) is 15.5. The van der Waals surface area contributed by atoms with Gasteiger partial charge >= 0.3 is 12.1 Å². The van der Waals surface area contributed by atoms with Crippen LogP contribution in [-0.2, 0) is 14.2 Å². The van der Waals surface area contributed by atoms with Gasteiger partial charge in [0.25, 0.3) is 0 Å².